The molecule has 1 N–H and O–H groups in total. The van der Waals surface area contributed by atoms with Gasteiger partial charge in [-0.2, -0.15) is 0 Å². The Bertz CT molecular complexity index is 1070. The van der Waals surface area contributed by atoms with Crippen molar-refractivity contribution in [1.82, 2.24) is 24.9 Å². The molecule has 0 unspecified atom stereocenters. The second-order valence-corrected chi connectivity index (χ2v) is 7.96. The zero-order valence-electron chi connectivity index (χ0n) is 17.3. The van der Waals surface area contributed by atoms with Crippen LogP contribution >= 0.6 is 0 Å². The zero-order chi connectivity index (χ0) is 21.1. The maximum absolute atomic E-state index is 12.7. The number of rotatable bonds is 5. The summed E-state index contributed by atoms with van der Waals surface area (Å²) in [7, 11) is 0. The summed E-state index contributed by atoms with van der Waals surface area (Å²) >= 11 is 0. The molecule has 0 spiro atoms. The molecule has 2 aromatic heterocycles. The van der Waals surface area contributed by atoms with Crippen molar-refractivity contribution in [3.8, 4) is 0 Å². The number of benzene rings is 1. The van der Waals surface area contributed by atoms with Gasteiger partial charge in [-0.1, -0.05) is 11.3 Å². The molecule has 30 heavy (non-hydrogen) atoms. The van der Waals surface area contributed by atoms with Crippen molar-refractivity contribution in [1.29, 1.82) is 0 Å². The molecule has 2 amide bonds. The molecule has 0 atom stereocenters. The van der Waals surface area contributed by atoms with E-state index in [9.17, 15) is 9.59 Å². The predicted molar refractivity (Wildman–Crippen MR) is 114 cm³/mol. The fourth-order valence-electron chi connectivity index (χ4n) is 3.98. The minimum atomic E-state index is 0.0114. The first-order valence-electron chi connectivity index (χ1n) is 10.3. The normalized spacial score (nSPS) is 14.8. The van der Waals surface area contributed by atoms with Gasteiger partial charge in [0, 0.05) is 37.3 Å². The summed E-state index contributed by atoms with van der Waals surface area (Å²) in [6.45, 7) is 5.38. The number of nitrogens with zero attached hydrogens (tertiary/aromatic N) is 5. The molecular formula is C22H26N6O2. The third kappa shape index (κ3) is 4.48. The molecule has 1 aliphatic rings. The van der Waals surface area contributed by atoms with Crippen molar-refractivity contribution in [2.75, 3.05) is 18.4 Å². The third-order valence-electron chi connectivity index (χ3n) is 5.65. The van der Waals surface area contributed by atoms with E-state index in [4.69, 9.17) is 0 Å². The molecule has 3 heterocycles. The van der Waals surface area contributed by atoms with Crippen LogP contribution in [-0.2, 0) is 16.1 Å². The second kappa shape index (κ2) is 8.61. The Labute approximate surface area is 175 Å². The average molecular weight is 406 g/mol. The number of pyridine rings is 1. The topological polar surface area (TPSA) is 93.0 Å². The maximum Gasteiger partial charge on any atom is 0.244 e. The van der Waals surface area contributed by atoms with Crippen LogP contribution in [0.1, 0.15) is 30.5 Å². The van der Waals surface area contributed by atoms with Crippen LogP contribution in [0.4, 0.5) is 5.69 Å². The molecule has 156 valence electrons. The van der Waals surface area contributed by atoms with E-state index < -0.39 is 0 Å². The van der Waals surface area contributed by atoms with Crippen LogP contribution in [0, 0.1) is 19.8 Å². The number of piperidine rings is 1. The number of hydrogen-bond acceptors (Lipinski definition) is 5. The van der Waals surface area contributed by atoms with E-state index in [1.807, 2.05) is 43.0 Å². The quantitative estimate of drug-likeness (QED) is 0.703. The van der Waals surface area contributed by atoms with Crippen molar-refractivity contribution in [3.05, 3.63) is 47.9 Å². The summed E-state index contributed by atoms with van der Waals surface area (Å²) < 4.78 is 1.57. The number of carbonyl (C=O) groups excluding carboxylic acids is 2. The first-order chi connectivity index (χ1) is 14.5. The fraction of sp³-hybridized carbons (Fsp3) is 0.409. The van der Waals surface area contributed by atoms with E-state index >= 15 is 0 Å². The van der Waals surface area contributed by atoms with Crippen molar-refractivity contribution >= 4 is 28.4 Å². The molecule has 0 bridgehead atoms. The Morgan fingerprint density at radius 3 is 2.70 bits per heavy atom. The van der Waals surface area contributed by atoms with Gasteiger partial charge in [0.05, 0.1) is 16.9 Å². The standard InChI is InChI=1S/C22H26N6O2/c1-15-5-6-19-18(4-3-9-23-19)22(15)24-20(29)12-17-7-10-27(11-8-17)21(30)14-28-13-16(2)25-26-28/h3-6,9,13,17H,7-8,10-12,14H2,1-2H3,(H,24,29). The highest BCUT2D eigenvalue weighted by Crippen LogP contribution is 2.27. The Hall–Kier alpha value is -3.29. The van der Waals surface area contributed by atoms with Gasteiger partial charge in [-0.15, -0.1) is 5.10 Å². The van der Waals surface area contributed by atoms with Crippen LogP contribution in [0.3, 0.4) is 0 Å². The minimum Gasteiger partial charge on any atom is -0.341 e. The number of carbonyl (C=O) groups is 2. The Kier molecular flexibility index (Phi) is 5.74. The van der Waals surface area contributed by atoms with Gasteiger partial charge in [-0.05, 0) is 56.4 Å². The van der Waals surface area contributed by atoms with Crippen LogP contribution in [-0.4, -0.2) is 49.8 Å². The number of amides is 2. The highest BCUT2D eigenvalue weighted by atomic mass is 16.2. The number of aromatic nitrogens is 4. The smallest absolute Gasteiger partial charge is 0.244 e. The van der Waals surface area contributed by atoms with Gasteiger partial charge in [0.25, 0.3) is 0 Å². The Balaban J connectivity index is 1.31. The summed E-state index contributed by atoms with van der Waals surface area (Å²) in [6, 6.07) is 7.80. The largest absolute Gasteiger partial charge is 0.341 e. The van der Waals surface area contributed by atoms with Crippen LogP contribution < -0.4 is 5.32 Å². The van der Waals surface area contributed by atoms with Crippen molar-refractivity contribution in [2.45, 2.75) is 39.7 Å². The summed E-state index contributed by atoms with van der Waals surface area (Å²) in [6.07, 6.45) is 5.62. The number of aryl methyl sites for hydroxylation is 2. The molecule has 1 aromatic carbocycles. The lowest BCUT2D eigenvalue weighted by atomic mass is 9.93. The number of likely N-dealkylation sites (tertiary alicyclic amines) is 1. The Morgan fingerprint density at radius 2 is 1.97 bits per heavy atom. The molecule has 4 rings (SSSR count). The van der Waals surface area contributed by atoms with E-state index in [1.165, 1.54) is 0 Å². The number of fused-ring (bicyclic) bond motifs is 1. The maximum atomic E-state index is 12.7. The minimum absolute atomic E-state index is 0.0114. The molecule has 3 aromatic rings. The van der Waals surface area contributed by atoms with Gasteiger partial charge in [-0.3, -0.25) is 14.6 Å². The van der Waals surface area contributed by atoms with E-state index in [-0.39, 0.29) is 24.3 Å². The molecule has 1 aliphatic heterocycles. The summed E-state index contributed by atoms with van der Waals surface area (Å²) in [5, 5.41) is 11.9. The van der Waals surface area contributed by atoms with E-state index in [0.717, 1.165) is 40.7 Å². The molecule has 0 saturated carbocycles. The highest BCUT2D eigenvalue weighted by molar-refractivity contribution is 6.02. The van der Waals surface area contributed by atoms with Gasteiger partial charge in [0.15, 0.2) is 0 Å². The molecule has 8 heteroatoms. The zero-order valence-corrected chi connectivity index (χ0v) is 17.3. The average Bonchev–Trinajstić information content (AvgIpc) is 3.15. The highest BCUT2D eigenvalue weighted by Gasteiger charge is 2.25. The van der Waals surface area contributed by atoms with E-state index in [2.05, 4.69) is 20.6 Å². The Morgan fingerprint density at radius 1 is 1.17 bits per heavy atom. The van der Waals surface area contributed by atoms with Crippen molar-refractivity contribution in [3.63, 3.8) is 0 Å². The van der Waals surface area contributed by atoms with Gasteiger partial charge >= 0.3 is 0 Å². The summed E-state index contributed by atoms with van der Waals surface area (Å²) in [5.41, 5.74) is 3.52. The van der Waals surface area contributed by atoms with Gasteiger partial charge in [-0.25, -0.2) is 4.68 Å². The number of hydrogen-bond donors (Lipinski definition) is 1. The summed E-state index contributed by atoms with van der Waals surface area (Å²) in [4.78, 5) is 31.4. The second-order valence-electron chi connectivity index (χ2n) is 7.96. The van der Waals surface area contributed by atoms with Gasteiger partial charge < -0.3 is 10.2 Å². The van der Waals surface area contributed by atoms with E-state index in [1.54, 1.807) is 17.1 Å². The van der Waals surface area contributed by atoms with Crippen LogP contribution in [0.5, 0.6) is 0 Å². The molecule has 1 fully saturated rings. The molecule has 0 radical (unpaired) electrons. The van der Waals surface area contributed by atoms with Gasteiger partial charge in [0.1, 0.15) is 6.54 Å². The number of nitrogens with one attached hydrogen (secondary N) is 1. The lowest BCUT2D eigenvalue weighted by molar-refractivity contribution is -0.133. The molecule has 1 saturated heterocycles. The summed E-state index contributed by atoms with van der Waals surface area (Å²) in [5.74, 6) is 0.329. The third-order valence-corrected chi connectivity index (χ3v) is 5.65. The first-order valence-corrected chi connectivity index (χ1v) is 10.3. The van der Waals surface area contributed by atoms with Crippen LogP contribution in [0.2, 0.25) is 0 Å². The monoisotopic (exact) mass is 406 g/mol. The molecule has 0 aliphatic carbocycles. The first kappa shape index (κ1) is 20.0. The van der Waals surface area contributed by atoms with Gasteiger partial charge in [0.2, 0.25) is 11.8 Å². The fourth-order valence-corrected chi connectivity index (χ4v) is 3.98. The predicted octanol–water partition coefficient (Wildman–Crippen LogP) is 2.71. The van der Waals surface area contributed by atoms with Crippen molar-refractivity contribution < 1.29 is 9.59 Å². The molecule has 8 nitrogen and oxygen atoms in total. The lowest BCUT2D eigenvalue weighted by Gasteiger charge is -2.31. The van der Waals surface area contributed by atoms with Crippen LogP contribution in [0.15, 0.2) is 36.7 Å². The van der Waals surface area contributed by atoms with Crippen LogP contribution in [0.25, 0.3) is 10.9 Å². The number of anilines is 1. The lowest BCUT2D eigenvalue weighted by Crippen LogP contribution is -2.40. The van der Waals surface area contributed by atoms with E-state index in [0.29, 0.717) is 19.5 Å². The van der Waals surface area contributed by atoms with Crippen molar-refractivity contribution in [2.24, 2.45) is 5.92 Å². The molecular weight excluding hydrogens is 380 g/mol. The SMILES string of the molecule is Cc1cn(CC(=O)N2CCC(CC(=O)Nc3c(C)ccc4ncccc34)CC2)nn1.